The molecule has 4 nitrogen and oxygen atoms in total. The molecule has 0 radical (unpaired) electrons. The lowest BCUT2D eigenvalue weighted by molar-refractivity contribution is -0.384. The predicted molar refractivity (Wildman–Crippen MR) is 80.2 cm³/mol. The average Bonchev–Trinajstić information content (AvgIpc) is 2.90. The van der Waals surface area contributed by atoms with Crippen LogP contribution in [0.2, 0.25) is 0 Å². The van der Waals surface area contributed by atoms with E-state index < -0.39 is 0 Å². The molecule has 0 aliphatic rings. The molecule has 3 aromatic rings. The molecule has 1 unspecified atom stereocenters. The summed E-state index contributed by atoms with van der Waals surface area (Å²) in [5.74, 6) is 0.133. The van der Waals surface area contributed by atoms with Gasteiger partial charge in [0.25, 0.3) is 5.69 Å². The average molecular weight is 284 g/mol. The van der Waals surface area contributed by atoms with E-state index in [-0.39, 0.29) is 16.5 Å². The summed E-state index contributed by atoms with van der Waals surface area (Å²) in [7, 11) is 0. The molecule has 0 bridgehead atoms. The van der Waals surface area contributed by atoms with Crippen molar-refractivity contribution in [1.29, 1.82) is 0 Å². The first-order chi connectivity index (χ1) is 9.65. The Morgan fingerprint density at radius 1 is 1.15 bits per heavy atom. The zero-order valence-electron chi connectivity index (χ0n) is 10.8. The molecule has 20 heavy (non-hydrogen) atoms. The number of fused-ring (bicyclic) bond motifs is 1. The van der Waals surface area contributed by atoms with E-state index in [0.717, 1.165) is 20.8 Å². The van der Waals surface area contributed by atoms with Gasteiger partial charge in [-0.2, -0.15) is 0 Å². The first-order valence-corrected chi connectivity index (χ1v) is 7.06. The van der Waals surface area contributed by atoms with Crippen LogP contribution in [-0.4, -0.2) is 9.91 Å². The summed E-state index contributed by atoms with van der Waals surface area (Å²) in [5.41, 5.74) is 2.15. The Labute approximate surface area is 119 Å². The highest BCUT2D eigenvalue weighted by Crippen LogP contribution is 2.31. The molecule has 2 aromatic carbocycles. The van der Waals surface area contributed by atoms with Crippen molar-refractivity contribution in [1.82, 2.24) is 4.98 Å². The molecule has 5 heteroatoms. The summed E-state index contributed by atoms with van der Waals surface area (Å²) in [6.07, 6.45) is 0. The second-order valence-electron chi connectivity index (χ2n) is 4.59. The summed E-state index contributed by atoms with van der Waals surface area (Å²) in [6.45, 7) is 2.07. The topological polar surface area (TPSA) is 56.0 Å². The number of rotatable bonds is 3. The second-order valence-corrected chi connectivity index (χ2v) is 5.65. The van der Waals surface area contributed by atoms with Gasteiger partial charge >= 0.3 is 0 Å². The van der Waals surface area contributed by atoms with E-state index >= 15 is 0 Å². The smallest absolute Gasteiger partial charge is 0.258 e. The van der Waals surface area contributed by atoms with E-state index in [2.05, 4.69) is 18.0 Å². The number of nitro groups is 1. The van der Waals surface area contributed by atoms with Gasteiger partial charge in [-0.05, 0) is 17.7 Å². The Kier molecular flexibility index (Phi) is 3.20. The van der Waals surface area contributed by atoms with E-state index in [1.165, 1.54) is 0 Å². The van der Waals surface area contributed by atoms with E-state index in [1.54, 1.807) is 35.6 Å². The van der Waals surface area contributed by atoms with Gasteiger partial charge in [-0.3, -0.25) is 10.1 Å². The molecule has 0 saturated heterocycles. The minimum absolute atomic E-state index is 0.116. The normalized spacial score (nSPS) is 12.4. The second kappa shape index (κ2) is 5.02. The fourth-order valence-electron chi connectivity index (χ4n) is 2.10. The van der Waals surface area contributed by atoms with Crippen molar-refractivity contribution >= 4 is 27.2 Å². The molecule has 3 rings (SSSR count). The van der Waals surface area contributed by atoms with Gasteiger partial charge in [0.05, 0.1) is 15.1 Å². The number of hydrogen-bond acceptors (Lipinski definition) is 4. The van der Waals surface area contributed by atoms with Crippen LogP contribution in [0.5, 0.6) is 0 Å². The largest absolute Gasteiger partial charge is 0.269 e. The molecule has 1 heterocycles. The Balaban J connectivity index is 1.94. The summed E-state index contributed by atoms with van der Waals surface area (Å²) in [5, 5.41) is 11.7. The fourth-order valence-corrected chi connectivity index (χ4v) is 3.15. The first-order valence-electron chi connectivity index (χ1n) is 6.25. The van der Waals surface area contributed by atoms with Crippen LogP contribution in [0.3, 0.4) is 0 Å². The van der Waals surface area contributed by atoms with Gasteiger partial charge in [-0.15, -0.1) is 11.3 Å². The van der Waals surface area contributed by atoms with E-state index in [1.807, 2.05) is 18.2 Å². The number of thiazole rings is 1. The molecule has 0 amide bonds. The van der Waals surface area contributed by atoms with Crippen molar-refractivity contribution in [2.24, 2.45) is 0 Å². The van der Waals surface area contributed by atoms with Crippen LogP contribution in [0.25, 0.3) is 10.2 Å². The monoisotopic (exact) mass is 284 g/mol. The van der Waals surface area contributed by atoms with Crippen LogP contribution in [0, 0.1) is 10.1 Å². The number of hydrogen-bond donors (Lipinski definition) is 0. The Morgan fingerprint density at radius 2 is 1.85 bits per heavy atom. The van der Waals surface area contributed by atoms with Crippen LogP contribution in [0.4, 0.5) is 5.69 Å². The zero-order valence-corrected chi connectivity index (χ0v) is 11.6. The number of nitrogens with zero attached hydrogens (tertiary/aromatic N) is 2. The van der Waals surface area contributed by atoms with Crippen molar-refractivity contribution in [2.45, 2.75) is 12.8 Å². The molecule has 1 atom stereocenters. The Morgan fingerprint density at radius 3 is 2.50 bits per heavy atom. The maximum Gasteiger partial charge on any atom is 0.269 e. The summed E-state index contributed by atoms with van der Waals surface area (Å²) in [4.78, 5) is 14.9. The summed E-state index contributed by atoms with van der Waals surface area (Å²) in [6, 6.07) is 14.7. The van der Waals surface area contributed by atoms with Crippen LogP contribution in [0.1, 0.15) is 23.4 Å². The predicted octanol–water partition coefficient (Wildman–Crippen LogP) is 4.36. The quantitative estimate of drug-likeness (QED) is 0.530. The van der Waals surface area contributed by atoms with Gasteiger partial charge < -0.3 is 0 Å². The SMILES string of the molecule is CC(c1ccc([N+](=O)[O-])cc1)c1nc2ccccc2s1. The van der Waals surface area contributed by atoms with Gasteiger partial charge in [-0.1, -0.05) is 31.2 Å². The number of aromatic nitrogens is 1. The number of non-ortho nitro benzene ring substituents is 1. The van der Waals surface area contributed by atoms with Crippen molar-refractivity contribution in [3.8, 4) is 0 Å². The van der Waals surface area contributed by atoms with Crippen molar-refractivity contribution < 1.29 is 4.92 Å². The molecule has 1 aromatic heterocycles. The highest BCUT2D eigenvalue weighted by Gasteiger charge is 2.14. The Hall–Kier alpha value is -2.27. The van der Waals surface area contributed by atoms with Crippen LogP contribution >= 0.6 is 11.3 Å². The van der Waals surface area contributed by atoms with Crippen molar-refractivity contribution in [3.05, 3.63) is 69.2 Å². The highest BCUT2D eigenvalue weighted by molar-refractivity contribution is 7.18. The fraction of sp³-hybridized carbons (Fsp3) is 0.133. The van der Waals surface area contributed by atoms with Crippen LogP contribution < -0.4 is 0 Å². The van der Waals surface area contributed by atoms with Crippen molar-refractivity contribution in [2.75, 3.05) is 0 Å². The highest BCUT2D eigenvalue weighted by atomic mass is 32.1. The van der Waals surface area contributed by atoms with Gasteiger partial charge in [-0.25, -0.2) is 4.98 Å². The maximum absolute atomic E-state index is 10.7. The zero-order chi connectivity index (χ0) is 14.1. The maximum atomic E-state index is 10.7. The number of para-hydroxylation sites is 1. The molecule has 0 N–H and O–H groups in total. The minimum atomic E-state index is -0.383. The van der Waals surface area contributed by atoms with E-state index in [4.69, 9.17) is 0 Å². The minimum Gasteiger partial charge on any atom is -0.258 e. The van der Waals surface area contributed by atoms with Gasteiger partial charge in [0, 0.05) is 18.1 Å². The number of nitro benzene ring substituents is 1. The van der Waals surface area contributed by atoms with Gasteiger partial charge in [0.1, 0.15) is 5.01 Å². The van der Waals surface area contributed by atoms with Crippen LogP contribution in [-0.2, 0) is 0 Å². The third-order valence-electron chi connectivity index (χ3n) is 3.28. The summed E-state index contributed by atoms with van der Waals surface area (Å²) >= 11 is 1.67. The van der Waals surface area contributed by atoms with Gasteiger partial charge in [0.2, 0.25) is 0 Å². The summed E-state index contributed by atoms with van der Waals surface area (Å²) < 4.78 is 1.16. The molecular weight excluding hydrogens is 272 g/mol. The Bertz CT molecular complexity index is 732. The molecule has 0 aliphatic heterocycles. The van der Waals surface area contributed by atoms with Gasteiger partial charge in [0.15, 0.2) is 0 Å². The standard InChI is InChI=1S/C15H12N2O2S/c1-10(11-6-8-12(9-7-11)17(18)19)15-16-13-4-2-3-5-14(13)20-15/h2-10H,1H3. The first kappa shape index (κ1) is 12.7. The molecule has 100 valence electrons. The molecule has 0 spiro atoms. The lowest BCUT2D eigenvalue weighted by Crippen LogP contribution is -1.96. The molecule has 0 saturated carbocycles. The number of benzene rings is 2. The van der Waals surface area contributed by atoms with Crippen LogP contribution in [0.15, 0.2) is 48.5 Å². The van der Waals surface area contributed by atoms with Crippen molar-refractivity contribution in [3.63, 3.8) is 0 Å². The molecular formula is C15H12N2O2S. The molecule has 0 aliphatic carbocycles. The van der Waals surface area contributed by atoms with E-state index in [0.29, 0.717) is 0 Å². The lowest BCUT2D eigenvalue weighted by Gasteiger charge is -2.07. The molecule has 0 fully saturated rings. The third kappa shape index (κ3) is 2.28. The third-order valence-corrected chi connectivity index (χ3v) is 4.50. The lowest BCUT2D eigenvalue weighted by atomic mass is 10.0. The van der Waals surface area contributed by atoms with E-state index in [9.17, 15) is 10.1 Å².